The standard InChI is InChI=1S/C16H23NO2/c1-19-13-6-4-5-12(11-13)15-14-7-2-3-8-16(14,18)9-10-17-15/h4-6,11,14-15,17-18H,2-3,7-10H2,1H3. The molecule has 1 aromatic carbocycles. The number of benzene rings is 1. The summed E-state index contributed by atoms with van der Waals surface area (Å²) in [5.41, 5.74) is 0.779. The second-order valence-corrected chi connectivity index (χ2v) is 5.91. The third-order valence-electron chi connectivity index (χ3n) is 4.84. The molecule has 0 aromatic heterocycles. The number of nitrogens with one attached hydrogen (secondary N) is 1. The Balaban J connectivity index is 1.90. The van der Waals surface area contributed by atoms with Gasteiger partial charge in [0.25, 0.3) is 0 Å². The molecule has 3 rings (SSSR count). The van der Waals surface area contributed by atoms with Crippen LogP contribution < -0.4 is 10.1 Å². The summed E-state index contributed by atoms with van der Waals surface area (Å²) in [4.78, 5) is 0. The minimum Gasteiger partial charge on any atom is -0.497 e. The van der Waals surface area contributed by atoms with E-state index in [0.717, 1.165) is 38.0 Å². The van der Waals surface area contributed by atoms with Crippen LogP contribution in [0.15, 0.2) is 24.3 Å². The van der Waals surface area contributed by atoms with Crippen LogP contribution in [0.5, 0.6) is 5.75 Å². The predicted molar refractivity (Wildman–Crippen MR) is 75.3 cm³/mol. The van der Waals surface area contributed by atoms with Crippen molar-refractivity contribution in [1.29, 1.82) is 0 Å². The fraction of sp³-hybridized carbons (Fsp3) is 0.625. The van der Waals surface area contributed by atoms with Crippen LogP contribution in [0, 0.1) is 5.92 Å². The van der Waals surface area contributed by atoms with Crippen molar-refractivity contribution in [3.63, 3.8) is 0 Å². The zero-order chi connectivity index (χ0) is 13.3. The summed E-state index contributed by atoms with van der Waals surface area (Å²) in [6.07, 6.45) is 5.36. The van der Waals surface area contributed by atoms with Crippen molar-refractivity contribution in [3.05, 3.63) is 29.8 Å². The van der Waals surface area contributed by atoms with E-state index in [1.807, 2.05) is 12.1 Å². The summed E-state index contributed by atoms with van der Waals surface area (Å²) < 4.78 is 5.32. The van der Waals surface area contributed by atoms with Gasteiger partial charge < -0.3 is 15.2 Å². The zero-order valence-electron chi connectivity index (χ0n) is 11.6. The molecule has 3 atom stereocenters. The first-order chi connectivity index (χ1) is 9.23. The van der Waals surface area contributed by atoms with Crippen LogP contribution in [0.2, 0.25) is 0 Å². The molecular formula is C16H23NO2. The van der Waals surface area contributed by atoms with E-state index in [4.69, 9.17) is 4.74 Å². The maximum atomic E-state index is 10.9. The van der Waals surface area contributed by atoms with Gasteiger partial charge in [0.2, 0.25) is 0 Å². The van der Waals surface area contributed by atoms with Gasteiger partial charge >= 0.3 is 0 Å². The van der Waals surface area contributed by atoms with Crippen molar-refractivity contribution in [3.8, 4) is 5.75 Å². The highest BCUT2D eigenvalue weighted by atomic mass is 16.5. The molecule has 1 saturated carbocycles. The Hall–Kier alpha value is -1.06. The molecule has 19 heavy (non-hydrogen) atoms. The molecule has 104 valence electrons. The molecule has 3 unspecified atom stereocenters. The van der Waals surface area contributed by atoms with Gasteiger partial charge in [0.15, 0.2) is 0 Å². The average Bonchev–Trinajstić information content (AvgIpc) is 2.46. The van der Waals surface area contributed by atoms with Crippen molar-refractivity contribution >= 4 is 0 Å². The van der Waals surface area contributed by atoms with E-state index in [-0.39, 0.29) is 6.04 Å². The third kappa shape index (κ3) is 2.37. The van der Waals surface area contributed by atoms with E-state index in [0.29, 0.717) is 5.92 Å². The van der Waals surface area contributed by atoms with Crippen molar-refractivity contribution in [2.24, 2.45) is 5.92 Å². The van der Waals surface area contributed by atoms with Crippen LogP contribution in [0.25, 0.3) is 0 Å². The quantitative estimate of drug-likeness (QED) is 0.860. The lowest BCUT2D eigenvalue weighted by molar-refractivity contribution is -0.0861. The molecule has 3 nitrogen and oxygen atoms in total. The summed E-state index contributed by atoms with van der Waals surface area (Å²) in [5, 5.41) is 14.5. The molecular weight excluding hydrogens is 238 g/mol. The molecule has 1 saturated heterocycles. The van der Waals surface area contributed by atoms with Crippen LogP contribution in [0.3, 0.4) is 0 Å². The fourth-order valence-electron chi connectivity index (χ4n) is 3.81. The molecule has 2 aliphatic rings. The second-order valence-electron chi connectivity index (χ2n) is 5.91. The molecule has 0 amide bonds. The van der Waals surface area contributed by atoms with Crippen LogP contribution in [0.4, 0.5) is 0 Å². The van der Waals surface area contributed by atoms with Gasteiger partial charge in [0.1, 0.15) is 5.75 Å². The van der Waals surface area contributed by atoms with Gasteiger partial charge in [0, 0.05) is 12.0 Å². The van der Waals surface area contributed by atoms with Gasteiger partial charge in [0.05, 0.1) is 12.7 Å². The van der Waals surface area contributed by atoms with Gasteiger partial charge in [-0.3, -0.25) is 0 Å². The largest absolute Gasteiger partial charge is 0.497 e. The maximum absolute atomic E-state index is 10.9. The lowest BCUT2D eigenvalue weighted by Gasteiger charge is -2.48. The topological polar surface area (TPSA) is 41.5 Å². The van der Waals surface area contributed by atoms with Crippen LogP contribution in [0.1, 0.15) is 43.7 Å². The normalized spacial score (nSPS) is 34.6. The maximum Gasteiger partial charge on any atom is 0.119 e. The minimum absolute atomic E-state index is 0.258. The van der Waals surface area contributed by atoms with Crippen molar-refractivity contribution in [1.82, 2.24) is 5.32 Å². The Kier molecular flexibility index (Phi) is 3.50. The number of methoxy groups -OCH3 is 1. The molecule has 0 radical (unpaired) electrons. The van der Waals surface area contributed by atoms with Crippen molar-refractivity contribution in [2.75, 3.05) is 13.7 Å². The lowest BCUT2D eigenvalue weighted by Crippen LogP contribution is -2.53. The number of aliphatic hydroxyl groups is 1. The first-order valence-corrected chi connectivity index (χ1v) is 7.33. The van der Waals surface area contributed by atoms with Gasteiger partial charge in [-0.1, -0.05) is 25.0 Å². The lowest BCUT2D eigenvalue weighted by atomic mass is 9.67. The van der Waals surface area contributed by atoms with E-state index < -0.39 is 5.60 Å². The van der Waals surface area contributed by atoms with Crippen LogP contribution in [-0.4, -0.2) is 24.4 Å². The second kappa shape index (κ2) is 5.14. The smallest absolute Gasteiger partial charge is 0.119 e. The highest BCUT2D eigenvalue weighted by molar-refractivity contribution is 5.32. The molecule has 0 spiro atoms. The highest BCUT2D eigenvalue weighted by Gasteiger charge is 2.45. The number of hydrogen-bond acceptors (Lipinski definition) is 3. The molecule has 3 heteroatoms. The summed E-state index contributed by atoms with van der Waals surface area (Å²) >= 11 is 0. The minimum atomic E-state index is -0.461. The van der Waals surface area contributed by atoms with Crippen LogP contribution in [-0.2, 0) is 0 Å². The fourth-order valence-corrected chi connectivity index (χ4v) is 3.81. The number of hydrogen-bond donors (Lipinski definition) is 2. The van der Waals surface area contributed by atoms with E-state index >= 15 is 0 Å². The Morgan fingerprint density at radius 2 is 2.21 bits per heavy atom. The number of ether oxygens (including phenoxy) is 1. The van der Waals surface area contributed by atoms with Gasteiger partial charge in [-0.2, -0.15) is 0 Å². The number of rotatable bonds is 2. The summed E-state index contributed by atoms with van der Waals surface area (Å²) in [6.45, 7) is 0.898. The first kappa shape index (κ1) is 12.9. The van der Waals surface area contributed by atoms with Crippen molar-refractivity contribution < 1.29 is 9.84 Å². The zero-order valence-corrected chi connectivity index (χ0v) is 11.6. The van der Waals surface area contributed by atoms with Gasteiger partial charge in [-0.25, -0.2) is 0 Å². The van der Waals surface area contributed by atoms with Crippen molar-refractivity contribution in [2.45, 2.75) is 43.7 Å². The van der Waals surface area contributed by atoms with E-state index in [1.165, 1.54) is 12.0 Å². The van der Waals surface area contributed by atoms with Gasteiger partial charge in [-0.15, -0.1) is 0 Å². The molecule has 1 aliphatic heterocycles. The Morgan fingerprint density at radius 1 is 1.32 bits per heavy atom. The third-order valence-corrected chi connectivity index (χ3v) is 4.84. The molecule has 1 aliphatic carbocycles. The predicted octanol–water partition coefficient (Wildman–Crippen LogP) is 2.65. The summed E-state index contributed by atoms with van der Waals surface area (Å²) in [6, 6.07) is 8.50. The molecule has 2 fully saturated rings. The van der Waals surface area contributed by atoms with E-state index in [1.54, 1.807) is 7.11 Å². The highest BCUT2D eigenvalue weighted by Crippen LogP contribution is 2.45. The Morgan fingerprint density at radius 3 is 3.05 bits per heavy atom. The Labute approximate surface area is 115 Å². The molecule has 1 heterocycles. The molecule has 0 bridgehead atoms. The van der Waals surface area contributed by atoms with Gasteiger partial charge in [-0.05, 0) is 43.5 Å². The number of fused-ring (bicyclic) bond motifs is 1. The first-order valence-electron chi connectivity index (χ1n) is 7.33. The van der Waals surface area contributed by atoms with E-state index in [2.05, 4.69) is 17.4 Å². The SMILES string of the molecule is COc1cccc(C2NCCC3(O)CCCCC23)c1. The van der Waals surface area contributed by atoms with Crippen LogP contribution >= 0.6 is 0 Å². The molecule has 1 aromatic rings. The van der Waals surface area contributed by atoms with E-state index in [9.17, 15) is 5.11 Å². The Bertz CT molecular complexity index is 444. The summed E-state index contributed by atoms with van der Waals surface area (Å²) in [7, 11) is 1.70. The number of piperidine rings is 1. The monoisotopic (exact) mass is 261 g/mol. The average molecular weight is 261 g/mol. The summed E-state index contributed by atoms with van der Waals surface area (Å²) in [5.74, 6) is 1.23. The molecule has 2 N–H and O–H groups in total.